The Morgan fingerprint density at radius 3 is 2.15 bits per heavy atom. The van der Waals surface area contributed by atoms with E-state index in [4.69, 9.17) is 5.26 Å². The van der Waals surface area contributed by atoms with E-state index in [1.165, 1.54) is 0 Å². The highest BCUT2D eigenvalue weighted by Crippen LogP contribution is 2.32. The predicted octanol–water partition coefficient (Wildman–Crippen LogP) is 3.12. The summed E-state index contributed by atoms with van der Waals surface area (Å²) < 4.78 is 0.697. The van der Waals surface area contributed by atoms with Gasteiger partial charge in [-0.25, -0.2) is 4.90 Å². The number of anilines is 1. The monoisotopic (exact) mass is 326 g/mol. The normalized spacial score (nSPS) is 13.3. The summed E-state index contributed by atoms with van der Waals surface area (Å²) >= 11 is 3.29. The third kappa shape index (κ3) is 1.74. The summed E-state index contributed by atoms with van der Waals surface area (Å²) in [7, 11) is 0. The van der Waals surface area contributed by atoms with Gasteiger partial charge in [-0.15, -0.1) is 0 Å². The molecule has 0 atom stereocenters. The Morgan fingerprint density at radius 2 is 1.60 bits per heavy atom. The molecule has 96 valence electrons. The Hall–Kier alpha value is -2.45. The van der Waals surface area contributed by atoms with Gasteiger partial charge in [-0.1, -0.05) is 28.1 Å². The molecule has 0 saturated carbocycles. The first-order valence-electron chi connectivity index (χ1n) is 5.81. The van der Waals surface area contributed by atoms with Crippen molar-refractivity contribution in [3.63, 3.8) is 0 Å². The summed E-state index contributed by atoms with van der Waals surface area (Å²) in [6.07, 6.45) is 0. The first kappa shape index (κ1) is 12.6. The standard InChI is InChI=1S/C15H7BrN2O2/c16-10-6-5-9(8-17)13(7-10)18-14(19)11-3-1-2-4-12(11)15(18)20/h1-7H. The van der Waals surface area contributed by atoms with E-state index in [0.717, 1.165) is 4.90 Å². The molecule has 0 N–H and O–H groups in total. The van der Waals surface area contributed by atoms with Crippen LogP contribution in [0.3, 0.4) is 0 Å². The number of nitriles is 1. The van der Waals surface area contributed by atoms with E-state index in [9.17, 15) is 9.59 Å². The lowest BCUT2D eigenvalue weighted by Crippen LogP contribution is -2.30. The average molecular weight is 327 g/mol. The van der Waals surface area contributed by atoms with Crippen LogP contribution in [-0.4, -0.2) is 11.8 Å². The van der Waals surface area contributed by atoms with Crippen molar-refractivity contribution in [2.45, 2.75) is 0 Å². The smallest absolute Gasteiger partial charge is 0.266 e. The highest BCUT2D eigenvalue weighted by Gasteiger charge is 2.37. The Morgan fingerprint density at radius 1 is 1.00 bits per heavy atom. The third-order valence-corrected chi connectivity index (χ3v) is 3.61. The second-order valence-corrected chi connectivity index (χ2v) is 5.18. The van der Waals surface area contributed by atoms with Crippen LogP contribution < -0.4 is 4.90 Å². The molecule has 1 aliphatic rings. The molecule has 0 aromatic heterocycles. The third-order valence-electron chi connectivity index (χ3n) is 3.12. The number of halogens is 1. The summed E-state index contributed by atoms with van der Waals surface area (Å²) in [6, 6.07) is 13.5. The molecule has 2 aromatic carbocycles. The van der Waals surface area contributed by atoms with Crippen LogP contribution in [0.25, 0.3) is 0 Å². The molecule has 0 radical (unpaired) electrons. The maximum absolute atomic E-state index is 12.4. The molecule has 0 aliphatic carbocycles. The van der Waals surface area contributed by atoms with E-state index in [-0.39, 0.29) is 5.56 Å². The molecule has 2 amide bonds. The maximum Gasteiger partial charge on any atom is 0.266 e. The molecule has 3 rings (SSSR count). The lowest BCUT2D eigenvalue weighted by molar-refractivity contribution is 0.0926. The minimum atomic E-state index is -0.403. The quantitative estimate of drug-likeness (QED) is 0.756. The van der Waals surface area contributed by atoms with Crippen molar-refractivity contribution in [3.05, 3.63) is 63.6 Å². The zero-order valence-corrected chi connectivity index (χ0v) is 11.7. The van der Waals surface area contributed by atoms with Crippen LogP contribution in [0.5, 0.6) is 0 Å². The molecule has 0 saturated heterocycles. The maximum atomic E-state index is 12.4. The lowest BCUT2D eigenvalue weighted by Gasteiger charge is -2.15. The zero-order valence-electron chi connectivity index (χ0n) is 10.1. The van der Waals surface area contributed by atoms with E-state index in [2.05, 4.69) is 15.9 Å². The number of carbonyl (C=O) groups excluding carboxylic acids is 2. The van der Waals surface area contributed by atoms with Gasteiger partial charge in [-0.05, 0) is 30.3 Å². The Bertz CT molecular complexity index is 758. The number of rotatable bonds is 1. The van der Waals surface area contributed by atoms with Gasteiger partial charge in [0.25, 0.3) is 11.8 Å². The Kier molecular flexibility index (Phi) is 2.88. The fourth-order valence-corrected chi connectivity index (χ4v) is 2.54. The number of hydrogen-bond donors (Lipinski definition) is 0. The highest BCUT2D eigenvalue weighted by molar-refractivity contribution is 9.10. The molecule has 0 fully saturated rings. The highest BCUT2D eigenvalue weighted by atomic mass is 79.9. The van der Waals surface area contributed by atoms with Gasteiger partial charge in [-0.2, -0.15) is 5.26 Å². The van der Waals surface area contributed by atoms with Crippen LogP contribution in [-0.2, 0) is 0 Å². The van der Waals surface area contributed by atoms with Gasteiger partial charge in [0.2, 0.25) is 0 Å². The Balaban J connectivity index is 2.19. The van der Waals surface area contributed by atoms with Crippen molar-refractivity contribution in [2.75, 3.05) is 4.90 Å². The number of imide groups is 1. The van der Waals surface area contributed by atoms with Crippen molar-refractivity contribution in [2.24, 2.45) is 0 Å². The number of nitrogens with zero attached hydrogens (tertiary/aromatic N) is 2. The molecule has 4 nitrogen and oxygen atoms in total. The minimum absolute atomic E-state index is 0.280. The van der Waals surface area contributed by atoms with E-state index in [1.54, 1.807) is 42.5 Å². The van der Waals surface area contributed by atoms with Crippen LogP contribution in [0.2, 0.25) is 0 Å². The van der Waals surface area contributed by atoms with Gasteiger partial charge in [0.05, 0.1) is 22.4 Å². The minimum Gasteiger partial charge on any atom is -0.268 e. The number of benzene rings is 2. The van der Waals surface area contributed by atoms with Gasteiger partial charge in [0.15, 0.2) is 0 Å². The fourth-order valence-electron chi connectivity index (χ4n) is 2.19. The summed E-state index contributed by atoms with van der Waals surface area (Å²) in [4.78, 5) is 25.8. The van der Waals surface area contributed by atoms with Crippen LogP contribution in [0, 0.1) is 11.3 Å². The SMILES string of the molecule is N#Cc1ccc(Br)cc1N1C(=O)c2ccccc2C1=O. The molecule has 0 bridgehead atoms. The van der Waals surface area contributed by atoms with E-state index in [0.29, 0.717) is 21.3 Å². The molecule has 1 heterocycles. The van der Waals surface area contributed by atoms with Crippen molar-refractivity contribution in [1.82, 2.24) is 0 Å². The molecule has 20 heavy (non-hydrogen) atoms. The Labute approximate surface area is 123 Å². The second kappa shape index (κ2) is 4.58. The van der Waals surface area contributed by atoms with E-state index < -0.39 is 11.8 Å². The molecule has 1 aliphatic heterocycles. The number of fused-ring (bicyclic) bond motifs is 1. The van der Waals surface area contributed by atoms with Crippen LogP contribution >= 0.6 is 15.9 Å². The number of hydrogen-bond acceptors (Lipinski definition) is 3. The van der Waals surface area contributed by atoms with Crippen LogP contribution in [0.4, 0.5) is 5.69 Å². The van der Waals surface area contributed by atoms with Gasteiger partial charge >= 0.3 is 0 Å². The average Bonchev–Trinajstić information content (AvgIpc) is 2.71. The number of amides is 2. The van der Waals surface area contributed by atoms with Crippen molar-refractivity contribution >= 4 is 33.4 Å². The molecule has 0 spiro atoms. The molecule has 5 heteroatoms. The second-order valence-electron chi connectivity index (χ2n) is 4.26. The van der Waals surface area contributed by atoms with Gasteiger partial charge < -0.3 is 0 Å². The fraction of sp³-hybridized carbons (Fsp3) is 0. The summed E-state index contributed by atoms with van der Waals surface area (Å²) in [6.45, 7) is 0. The lowest BCUT2D eigenvalue weighted by atomic mass is 10.1. The van der Waals surface area contributed by atoms with E-state index in [1.807, 2.05) is 6.07 Å². The first-order chi connectivity index (χ1) is 9.63. The predicted molar refractivity (Wildman–Crippen MR) is 76.4 cm³/mol. The molecular weight excluding hydrogens is 320 g/mol. The largest absolute Gasteiger partial charge is 0.268 e. The van der Waals surface area contributed by atoms with Crippen molar-refractivity contribution in [1.29, 1.82) is 5.26 Å². The molecule has 2 aromatic rings. The van der Waals surface area contributed by atoms with Crippen molar-refractivity contribution < 1.29 is 9.59 Å². The molecular formula is C15H7BrN2O2. The summed E-state index contributed by atoms with van der Waals surface area (Å²) in [5, 5.41) is 9.14. The van der Waals surface area contributed by atoms with Crippen LogP contribution in [0.15, 0.2) is 46.9 Å². The summed E-state index contributed by atoms with van der Waals surface area (Å²) in [5.41, 5.74) is 1.30. The van der Waals surface area contributed by atoms with E-state index >= 15 is 0 Å². The topological polar surface area (TPSA) is 61.2 Å². The molecule has 0 unspecified atom stereocenters. The number of carbonyl (C=O) groups is 2. The summed E-state index contributed by atoms with van der Waals surface area (Å²) in [5.74, 6) is -0.805. The van der Waals surface area contributed by atoms with Gasteiger partial charge in [0, 0.05) is 4.47 Å². The van der Waals surface area contributed by atoms with Gasteiger partial charge in [-0.3, -0.25) is 9.59 Å². The van der Waals surface area contributed by atoms with Gasteiger partial charge in [0.1, 0.15) is 6.07 Å². The van der Waals surface area contributed by atoms with Crippen molar-refractivity contribution in [3.8, 4) is 6.07 Å². The first-order valence-corrected chi connectivity index (χ1v) is 6.60. The zero-order chi connectivity index (χ0) is 14.3. The van der Waals surface area contributed by atoms with Crippen LogP contribution in [0.1, 0.15) is 26.3 Å².